The summed E-state index contributed by atoms with van der Waals surface area (Å²) in [6.45, 7) is 5.16. The molecule has 18 heavy (non-hydrogen) atoms. The number of aliphatic hydroxyl groups excluding tert-OH is 1. The smallest absolute Gasteiger partial charge is 0.130 e. The van der Waals surface area contributed by atoms with Gasteiger partial charge in [0.2, 0.25) is 0 Å². The molecule has 1 aromatic heterocycles. The average Bonchev–Trinajstić information content (AvgIpc) is 2.36. The van der Waals surface area contributed by atoms with E-state index in [-0.39, 0.29) is 6.61 Å². The Morgan fingerprint density at radius 2 is 2.17 bits per heavy atom. The second kappa shape index (κ2) is 5.73. The van der Waals surface area contributed by atoms with Crippen molar-refractivity contribution in [2.24, 2.45) is 0 Å². The van der Waals surface area contributed by atoms with Crippen LogP contribution in [0.25, 0.3) is 0 Å². The van der Waals surface area contributed by atoms with Crippen molar-refractivity contribution in [2.75, 3.05) is 33.7 Å². The number of aryl methyl sites for hydroxylation is 1. The quantitative estimate of drug-likeness (QED) is 0.822. The van der Waals surface area contributed by atoms with Crippen LogP contribution >= 0.6 is 0 Å². The zero-order valence-corrected chi connectivity index (χ0v) is 11.4. The Hall–Kier alpha value is -1.04. The number of rotatable bonds is 3. The third-order valence-corrected chi connectivity index (χ3v) is 3.67. The first-order chi connectivity index (χ1) is 8.60. The van der Waals surface area contributed by atoms with E-state index in [1.165, 1.54) is 0 Å². The fourth-order valence-electron chi connectivity index (χ4n) is 2.31. The van der Waals surface area contributed by atoms with Gasteiger partial charge in [-0.15, -0.1) is 0 Å². The van der Waals surface area contributed by atoms with Crippen molar-refractivity contribution in [3.63, 3.8) is 0 Å². The summed E-state index contributed by atoms with van der Waals surface area (Å²) in [6.07, 6.45) is 2.65. The number of nitrogens with zero attached hydrogens (tertiary/aromatic N) is 4. The van der Waals surface area contributed by atoms with Crippen molar-refractivity contribution in [3.8, 4) is 0 Å². The third kappa shape index (κ3) is 3.04. The Morgan fingerprint density at radius 1 is 1.39 bits per heavy atom. The summed E-state index contributed by atoms with van der Waals surface area (Å²) in [5.74, 6) is 0.830. The van der Waals surface area contributed by atoms with Gasteiger partial charge in [-0.05, 0) is 26.6 Å². The minimum Gasteiger partial charge on any atom is -0.390 e. The van der Waals surface area contributed by atoms with Crippen LogP contribution in [-0.2, 0) is 13.0 Å². The lowest BCUT2D eigenvalue weighted by Gasteiger charge is -2.37. The summed E-state index contributed by atoms with van der Waals surface area (Å²) in [6, 6.07) is 0.456. The van der Waals surface area contributed by atoms with Crippen LogP contribution < -0.4 is 0 Å². The van der Waals surface area contributed by atoms with Gasteiger partial charge in [0.1, 0.15) is 5.82 Å². The molecule has 100 valence electrons. The van der Waals surface area contributed by atoms with Gasteiger partial charge in [0.25, 0.3) is 0 Å². The molecule has 1 aromatic rings. The lowest BCUT2D eigenvalue weighted by atomic mass is 10.1. The van der Waals surface area contributed by atoms with Crippen LogP contribution in [0.3, 0.4) is 0 Å². The van der Waals surface area contributed by atoms with Gasteiger partial charge in [-0.1, -0.05) is 0 Å². The first-order valence-electron chi connectivity index (χ1n) is 6.41. The Labute approximate surface area is 108 Å². The molecule has 2 rings (SSSR count). The summed E-state index contributed by atoms with van der Waals surface area (Å²) in [5.41, 5.74) is 1.70. The summed E-state index contributed by atoms with van der Waals surface area (Å²) in [4.78, 5) is 13.5. The molecular weight excluding hydrogens is 228 g/mol. The predicted molar refractivity (Wildman–Crippen MR) is 70.3 cm³/mol. The maximum Gasteiger partial charge on any atom is 0.130 e. The maximum atomic E-state index is 9.23. The van der Waals surface area contributed by atoms with E-state index >= 15 is 0 Å². The van der Waals surface area contributed by atoms with E-state index in [0.29, 0.717) is 6.04 Å². The molecule has 0 aliphatic carbocycles. The van der Waals surface area contributed by atoms with Crippen LogP contribution in [0.5, 0.6) is 0 Å². The van der Waals surface area contributed by atoms with Crippen molar-refractivity contribution in [3.05, 3.63) is 23.3 Å². The first-order valence-corrected chi connectivity index (χ1v) is 6.41. The Kier molecular flexibility index (Phi) is 4.27. The number of hydrogen-bond donors (Lipinski definition) is 1. The maximum absolute atomic E-state index is 9.23. The monoisotopic (exact) mass is 250 g/mol. The molecule has 0 saturated carbocycles. The second-order valence-corrected chi connectivity index (χ2v) is 5.17. The molecule has 1 saturated heterocycles. The average molecular weight is 250 g/mol. The lowest BCUT2D eigenvalue weighted by Crippen LogP contribution is -2.51. The molecule has 0 spiro atoms. The highest BCUT2D eigenvalue weighted by Crippen LogP contribution is 2.11. The van der Waals surface area contributed by atoms with Gasteiger partial charge in [-0.3, -0.25) is 0 Å². The molecule has 0 aromatic carbocycles. The van der Waals surface area contributed by atoms with Gasteiger partial charge in [-0.2, -0.15) is 0 Å². The molecule has 0 amide bonds. The molecule has 5 heteroatoms. The van der Waals surface area contributed by atoms with Crippen molar-refractivity contribution >= 4 is 0 Å². The first kappa shape index (κ1) is 13.4. The zero-order valence-electron chi connectivity index (χ0n) is 11.4. The van der Waals surface area contributed by atoms with E-state index in [1.807, 2.05) is 6.92 Å². The summed E-state index contributed by atoms with van der Waals surface area (Å²) in [5, 5.41) is 9.23. The van der Waals surface area contributed by atoms with E-state index in [4.69, 9.17) is 0 Å². The van der Waals surface area contributed by atoms with E-state index < -0.39 is 0 Å². The predicted octanol–water partition coefficient (Wildman–Crippen LogP) is 0.0656. The summed E-state index contributed by atoms with van der Waals surface area (Å²) in [7, 11) is 4.30. The van der Waals surface area contributed by atoms with Crippen LogP contribution in [0.15, 0.2) is 6.20 Å². The number of hydrogen-bond acceptors (Lipinski definition) is 5. The molecule has 1 unspecified atom stereocenters. The van der Waals surface area contributed by atoms with Crippen LogP contribution in [0.4, 0.5) is 0 Å². The molecule has 1 fully saturated rings. The minimum atomic E-state index is -0.0121. The van der Waals surface area contributed by atoms with Crippen LogP contribution in [0, 0.1) is 6.92 Å². The highest BCUT2D eigenvalue weighted by atomic mass is 16.3. The number of piperazine rings is 1. The molecule has 1 aliphatic rings. The van der Waals surface area contributed by atoms with Gasteiger partial charge >= 0.3 is 0 Å². The van der Waals surface area contributed by atoms with Gasteiger partial charge in [-0.25, -0.2) is 9.97 Å². The van der Waals surface area contributed by atoms with E-state index in [0.717, 1.165) is 43.1 Å². The zero-order chi connectivity index (χ0) is 13.1. The highest BCUT2D eigenvalue weighted by molar-refractivity contribution is 5.15. The van der Waals surface area contributed by atoms with E-state index in [9.17, 15) is 5.11 Å². The van der Waals surface area contributed by atoms with Gasteiger partial charge in [0.15, 0.2) is 0 Å². The standard InChI is InChI=1S/C13H22N4O/c1-10-7-14-13(15-12(10)9-18)6-11-8-16(2)4-5-17(11)3/h7,11,18H,4-6,8-9H2,1-3H3. The van der Waals surface area contributed by atoms with Crippen LogP contribution in [0.1, 0.15) is 17.1 Å². The molecule has 5 nitrogen and oxygen atoms in total. The third-order valence-electron chi connectivity index (χ3n) is 3.67. The SMILES string of the molecule is Cc1cnc(CC2CN(C)CCN2C)nc1CO. The Balaban J connectivity index is 2.08. The van der Waals surface area contributed by atoms with E-state index in [2.05, 4.69) is 33.9 Å². The summed E-state index contributed by atoms with van der Waals surface area (Å²) >= 11 is 0. The van der Waals surface area contributed by atoms with Crippen LogP contribution in [-0.4, -0.2) is 64.6 Å². The number of aliphatic hydroxyl groups is 1. The second-order valence-electron chi connectivity index (χ2n) is 5.17. The minimum absolute atomic E-state index is 0.0121. The van der Waals surface area contributed by atoms with E-state index in [1.54, 1.807) is 6.20 Å². The fourth-order valence-corrected chi connectivity index (χ4v) is 2.31. The summed E-state index contributed by atoms with van der Waals surface area (Å²) < 4.78 is 0. The molecule has 0 bridgehead atoms. The van der Waals surface area contributed by atoms with Gasteiger partial charge < -0.3 is 14.9 Å². The fraction of sp³-hybridized carbons (Fsp3) is 0.692. The van der Waals surface area contributed by atoms with Gasteiger partial charge in [0, 0.05) is 38.3 Å². The lowest BCUT2D eigenvalue weighted by molar-refractivity contribution is 0.113. The Bertz CT molecular complexity index is 410. The molecule has 1 atom stereocenters. The van der Waals surface area contributed by atoms with Gasteiger partial charge in [0.05, 0.1) is 12.3 Å². The van der Waals surface area contributed by atoms with Crippen molar-refractivity contribution in [1.29, 1.82) is 0 Å². The Morgan fingerprint density at radius 3 is 2.89 bits per heavy atom. The highest BCUT2D eigenvalue weighted by Gasteiger charge is 2.23. The van der Waals surface area contributed by atoms with Crippen LogP contribution in [0.2, 0.25) is 0 Å². The number of aromatic nitrogens is 2. The van der Waals surface area contributed by atoms with Crippen molar-refractivity contribution in [2.45, 2.75) is 26.0 Å². The molecule has 1 aliphatic heterocycles. The number of likely N-dealkylation sites (N-methyl/N-ethyl adjacent to an activating group) is 2. The molecule has 2 heterocycles. The largest absolute Gasteiger partial charge is 0.390 e. The van der Waals surface area contributed by atoms with Crippen molar-refractivity contribution in [1.82, 2.24) is 19.8 Å². The molecule has 0 radical (unpaired) electrons. The molecule has 1 N–H and O–H groups in total. The van der Waals surface area contributed by atoms with Crippen molar-refractivity contribution < 1.29 is 5.11 Å². The topological polar surface area (TPSA) is 52.5 Å². The normalized spacial score (nSPS) is 22.3. The molecular formula is C13H22N4O.